The Hall–Kier alpha value is -2.98. The van der Waals surface area contributed by atoms with E-state index < -0.39 is 6.29 Å². The number of fused-ring (bicyclic) bond motifs is 1. The number of hydrogen-bond acceptors (Lipinski definition) is 6. The monoisotopic (exact) mass is 634 g/mol. The van der Waals surface area contributed by atoms with Crippen molar-refractivity contribution in [3.05, 3.63) is 70.8 Å². The van der Waals surface area contributed by atoms with Crippen LogP contribution in [0.1, 0.15) is 108 Å². The van der Waals surface area contributed by atoms with Crippen molar-refractivity contribution in [2.45, 2.75) is 122 Å². The van der Waals surface area contributed by atoms with E-state index in [1.165, 1.54) is 19.3 Å². The van der Waals surface area contributed by atoms with Crippen molar-refractivity contribution in [3.8, 4) is 0 Å². The molecule has 2 saturated heterocycles. The van der Waals surface area contributed by atoms with Crippen molar-refractivity contribution >= 4 is 11.9 Å². The maximum Gasteiger partial charge on any atom is 0.315 e. The van der Waals surface area contributed by atoms with Gasteiger partial charge in [0.05, 0.1) is 24.9 Å². The number of likely N-dealkylation sites (tertiary alicyclic amines) is 1. The molecule has 9 heteroatoms. The van der Waals surface area contributed by atoms with Crippen LogP contribution < -0.4 is 16.0 Å². The van der Waals surface area contributed by atoms with Crippen molar-refractivity contribution in [2.75, 3.05) is 13.1 Å². The summed E-state index contributed by atoms with van der Waals surface area (Å²) in [7, 11) is 0. The van der Waals surface area contributed by atoms with Crippen LogP contribution in [0, 0.1) is 11.8 Å². The third-order valence-electron chi connectivity index (χ3n) is 9.86. The quantitative estimate of drug-likeness (QED) is 0.281. The number of ether oxygens (including phenoxy) is 2. The highest BCUT2D eigenvalue weighted by Crippen LogP contribution is 2.44. The van der Waals surface area contributed by atoms with E-state index in [1.807, 2.05) is 76.2 Å². The van der Waals surface area contributed by atoms with E-state index in [0.717, 1.165) is 41.5 Å². The molecule has 3 fully saturated rings. The van der Waals surface area contributed by atoms with E-state index in [2.05, 4.69) is 27.8 Å². The van der Waals surface area contributed by atoms with Crippen molar-refractivity contribution in [1.82, 2.24) is 20.9 Å². The maximum atomic E-state index is 13.7. The summed E-state index contributed by atoms with van der Waals surface area (Å²) < 4.78 is 13.6. The molecule has 0 aromatic heterocycles. The first-order valence-corrected chi connectivity index (χ1v) is 17.2. The van der Waals surface area contributed by atoms with Gasteiger partial charge in [-0.1, -0.05) is 68.3 Å². The molecule has 5 rings (SSSR count). The number of aliphatic hydroxyl groups is 1. The molecule has 7 unspecified atom stereocenters. The SMILES string of the molecule is CCNC(=O)NCc1ccc(C2OC(CN3C(C(=O)NC(C)(C)C)CCC4CCCCC43)C(C)C(c3ccc(CO)cc3)O2)cc1. The van der Waals surface area contributed by atoms with Gasteiger partial charge in [-0.05, 0) is 76.0 Å². The number of hydrogen-bond donors (Lipinski definition) is 4. The van der Waals surface area contributed by atoms with Crippen LogP contribution in [0.4, 0.5) is 4.79 Å². The molecule has 1 saturated carbocycles. The lowest BCUT2D eigenvalue weighted by Crippen LogP contribution is -2.61. The summed E-state index contributed by atoms with van der Waals surface area (Å²) in [5, 5.41) is 18.5. The van der Waals surface area contributed by atoms with Crippen LogP contribution in [0.2, 0.25) is 0 Å². The largest absolute Gasteiger partial charge is 0.392 e. The Bertz CT molecular complexity index is 1290. The van der Waals surface area contributed by atoms with E-state index >= 15 is 0 Å². The number of carbonyl (C=O) groups is 2. The molecule has 0 spiro atoms. The molecule has 3 amide bonds. The Balaban J connectivity index is 1.41. The molecule has 4 N–H and O–H groups in total. The highest BCUT2D eigenvalue weighted by atomic mass is 16.7. The molecule has 2 aliphatic heterocycles. The number of carbonyl (C=O) groups excluding carboxylic acids is 2. The first-order chi connectivity index (χ1) is 22.1. The van der Waals surface area contributed by atoms with E-state index in [0.29, 0.717) is 31.6 Å². The Morgan fingerprint density at radius 3 is 2.24 bits per heavy atom. The van der Waals surface area contributed by atoms with Crippen LogP contribution in [-0.2, 0) is 27.4 Å². The summed E-state index contributed by atoms with van der Waals surface area (Å²) in [5.74, 6) is 0.744. The number of aliphatic hydroxyl groups excluding tert-OH is 1. The van der Waals surface area contributed by atoms with Crippen molar-refractivity contribution in [1.29, 1.82) is 0 Å². The summed E-state index contributed by atoms with van der Waals surface area (Å²) in [6.07, 6.45) is 5.75. The molecule has 1 aliphatic carbocycles. The average Bonchev–Trinajstić information content (AvgIpc) is 3.04. The lowest BCUT2D eigenvalue weighted by molar-refractivity contribution is -0.278. The molecular formula is C37H54N4O5. The van der Waals surface area contributed by atoms with Gasteiger partial charge in [-0.3, -0.25) is 9.69 Å². The fourth-order valence-electron chi connectivity index (χ4n) is 7.46. The average molecular weight is 635 g/mol. The third-order valence-corrected chi connectivity index (χ3v) is 9.86. The number of urea groups is 1. The highest BCUT2D eigenvalue weighted by Gasteiger charge is 2.46. The van der Waals surface area contributed by atoms with Gasteiger partial charge in [-0.25, -0.2) is 4.79 Å². The lowest BCUT2D eigenvalue weighted by atomic mass is 9.75. The minimum absolute atomic E-state index is 0.00738. The zero-order valence-corrected chi connectivity index (χ0v) is 28.3. The number of amides is 3. The van der Waals surface area contributed by atoms with Crippen LogP contribution in [0.3, 0.4) is 0 Å². The Morgan fingerprint density at radius 1 is 0.891 bits per heavy atom. The number of nitrogens with one attached hydrogen (secondary N) is 3. The molecule has 0 radical (unpaired) electrons. The standard InChI is InChI=1S/C37H54N4O5/c1-6-38-36(44)39-21-25-11-17-29(18-12-25)35-45-32(24(2)33(46-35)28-15-13-26(23-42)14-16-28)22-41-30-10-8-7-9-27(30)19-20-31(41)34(43)40-37(3,4)5/h11-18,24,27,30-33,35,42H,6-10,19-23H2,1-5H3,(H,40,43)(H2,38,39,44). The van der Waals surface area contributed by atoms with Crippen molar-refractivity contribution in [2.24, 2.45) is 11.8 Å². The Labute approximate surface area is 274 Å². The van der Waals surface area contributed by atoms with Gasteiger partial charge < -0.3 is 30.5 Å². The minimum Gasteiger partial charge on any atom is -0.392 e. The normalized spacial score (nSPS) is 28.6. The van der Waals surface area contributed by atoms with Crippen LogP contribution in [-0.4, -0.2) is 58.8 Å². The number of rotatable bonds is 9. The molecule has 2 aromatic rings. The highest BCUT2D eigenvalue weighted by molar-refractivity contribution is 5.82. The molecule has 7 atom stereocenters. The molecule has 3 aliphatic rings. The summed E-state index contributed by atoms with van der Waals surface area (Å²) in [5.41, 5.74) is 3.50. The van der Waals surface area contributed by atoms with Crippen LogP contribution in [0.25, 0.3) is 0 Å². The van der Waals surface area contributed by atoms with E-state index in [9.17, 15) is 14.7 Å². The van der Waals surface area contributed by atoms with Gasteiger partial charge in [0.1, 0.15) is 0 Å². The zero-order valence-electron chi connectivity index (χ0n) is 28.3. The predicted molar refractivity (Wildman–Crippen MR) is 179 cm³/mol. The molecule has 2 aromatic carbocycles. The van der Waals surface area contributed by atoms with Crippen LogP contribution in [0.15, 0.2) is 48.5 Å². The Kier molecular flexibility index (Phi) is 11.4. The molecule has 252 valence electrons. The first kappa shape index (κ1) is 34.4. The first-order valence-electron chi connectivity index (χ1n) is 17.2. The molecular weight excluding hydrogens is 580 g/mol. The van der Waals surface area contributed by atoms with Gasteiger partial charge in [-0.15, -0.1) is 0 Å². The fraction of sp³-hybridized carbons (Fsp3) is 0.622. The van der Waals surface area contributed by atoms with Gasteiger partial charge in [-0.2, -0.15) is 0 Å². The molecule has 9 nitrogen and oxygen atoms in total. The predicted octanol–water partition coefficient (Wildman–Crippen LogP) is 5.73. The lowest BCUT2D eigenvalue weighted by Gasteiger charge is -2.51. The zero-order chi connectivity index (χ0) is 32.8. The van der Waals surface area contributed by atoms with Crippen molar-refractivity contribution < 1.29 is 24.2 Å². The minimum atomic E-state index is -0.595. The fourth-order valence-corrected chi connectivity index (χ4v) is 7.46. The smallest absolute Gasteiger partial charge is 0.315 e. The topological polar surface area (TPSA) is 112 Å². The number of piperidine rings is 1. The number of benzene rings is 2. The second-order valence-corrected chi connectivity index (χ2v) is 14.4. The second-order valence-electron chi connectivity index (χ2n) is 14.4. The van der Waals surface area contributed by atoms with Gasteiger partial charge in [0.2, 0.25) is 5.91 Å². The molecule has 0 bridgehead atoms. The number of nitrogens with zero attached hydrogens (tertiary/aromatic N) is 1. The van der Waals surface area contributed by atoms with E-state index in [-0.39, 0.29) is 48.3 Å². The second kappa shape index (κ2) is 15.3. The van der Waals surface area contributed by atoms with Gasteiger partial charge >= 0.3 is 6.03 Å². The van der Waals surface area contributed by atoms with Crippen molar-refractivity contribution in [3.63, 3.8) is 0 Å². The summed E-state index contributed by atoms with van der Waals surface area (Å²) >= 11 is 0. The van der Waals surface area contributed by atoms with Gasteiger partial charge in [0.25, 0.3) is 0 Å². The Morgan fingerprint density at radius 2 is 1.57 bits per heavy atom. The third kappa shape index (κ3) is 8.48. The molecule has 2 heterocycles. The van der Waals surface area contributed by atoms with E-state index in [4.69, 9.17) is 9.47 Å². The van der Waals surface area contributed by atoms with E-state index in [1.54, 1.807) is 0 Å². The summed E-state index contributed by atoms with van der Waals surface area (Å²) in [4.78, 5) is 28.1. The van der Waals surface area contributed by atoms with Crippen LogP contribution >= 0.6 is 0 Å². The van der Waals surface area contributed by atoms with Gasteiger partial charge in [0, 0.05) is 42.7 Å². The van der Waals surface area contributed by atoms with Crippen LogP contribution in [0.5, 0.6) is 0 Å². The summed E-state index contributed by atoms with van der Waals surface area (Å²) in [6, 6.07) is 16.0. The summed E-state index contributed by atoms with van der Waals surface area (Å²) in [6.45, 7) is 11.9. The van der Waals surface area contributed by atoms with Gasteiger partial charge in [0.15, 0.2) is 6.29 Å². The molecule has 46 heavy (non-hydrogen) atoms. The maximum absolute atomic E-state index is 13.7.